The van der Waals surface area contributed by atoms with Crippen molar-refractivity contribution in [2.24, 2.45) is 0 Å². The van der Waals surface area contributed by atoms with E-state index in [-0.39, 0.29) is 25.1 Å². The van der Waals surface area contributed by atoms with Crippen molar-refractivity contribution in [3.8, 4) is 5.75 Å². The average molecular weight is 516 g/mol. The summed E-state index contributed by atoms with van der Waals surface area (Å²) < 4.78 is 12.8. The Kier molecular flexibility index (Phi) is 11.6. The standard InChI is InChI=1S/C17H21NO.C10H12N2O4.ClH/c1-14-8-6-7-11-16(14)19-17(12-13-18-2)15-9-4-3-5-10-15;1-6-4-12(10(15)11-9(6)14)8-3-2-7(5-13)16-8;/h3-11,17-18H,12-13H2,1-2H3;2-4,7-8,13H,5H2,1H3,(H,11,14,15);1H/t17-;7-,8+;/m10./s1. The van der Waals surface area contributed by atoms with E-state index >= 15 is 0 Å². The molecule has 2 heterocycles. The highest BCUT2D eigenvalue weighted by Gasteiger charge is 2.21. The van der Waals surface area contributed by atoms with E-state index in [1.807, 2.05) is 31.3 Å². The SMILES string of the molecule is CNCC[C@@H](Oc1ccccc1C)c1ccccc1.Cc1cn([C@H]2C=C[C@@H](CO)O2)c(=O)[nH]c1=O.Cl. The maximum atomic E-state index is 11.5. The number of benzene rings is 2. The number of aromatic nitrogens is 2. The van der Waals surface area contributed by atoms with Crippen LogP contribution in [-0.4, -0.2) is 41.0 Å². The number of ether oxygens (including phenoxy) is 2. The lowest BCUT2D eigenvalue weighted by Crippen LogP contribution is -2.33. The highest BCUT2D eigenvalue weighted by Crippen LogP contribution is 2.26. The molecule has 0 saturated heterocycles. The first-order valence-corrected chi connectivity index (χ1v) is 11.6. The van der Waals surface area contributed by atoms with Gasteiger partial charge in [-0.2, -0.15) is 0 Å². The Morgan fingerprint density at radius 3 is 2.39 bits per heavy atom. The van der Waals surface area contributed by atoms with Gasteiger partial charge in [-0.3, -0.25) is 14.3 Å². The minimum absolute atomic E-state index is 0. The van der Waals surface area contributed by atoms with Crippen LogP contribution in [0.3, 0.4) is 0 Å². The van der Waals surface area contributed by atoms with Crippen LogP contribution in [-0.2, 0) is 4.74 Å². The van der Waals surface area contributed by atoms with Crippen LogP contribution < -0.4 is 21.3 Å². The minimum Gasteiger partial charge on any atom is -0.485 e. The Labute approximate surface area is 217 Å². The monoisotopic (exact) mass is 515 g/mol. The van der Waals surface area contributed by atoms with Crippen molar-refractivity contribution in [3.05, 3.63) is 110 Å². The number of aromatic amines is 1. The van der Waals surface area contributed by atoms with E-state index in [1.165, 1.54) is 21.9 Å². The summed E-state index contributed by atoms with van der Waals surface area (Å²) in [5.41, 5.74) is 1.91. The first-order valence-electron chi connectivity index (χ1n) is 11.6. The van der Waals surface area contributed by atoms with Crippen LogP contribution in [0.5, 0.6) is 5.75 Å². The van der Waals surface area contributed by atoms with Gasteiger partial charge in [-0.1, -0.05) is 54.6 Å². The molecule has 0 unspecified atom stereocenters. The first-order chi connectivity index (χ1) is 16.9. The lowest BCUT2D eigenvalue weighted by molar-refractivity contribution is -0.0104. The minimum atomic E-state index is -0.569. The van der Waals surface area contributed by atoms with Crippen molar-refractivity contribution >= 4 is 12.4 Å². The zero-order chi connectivity index (χ0) is 25.2. The predicted molar refractivity (Wildman–Crippen MR) is 143 cm³/mol. The molecule has 3 atom stereocenters. The maximum Gasteiger partial charge on any atom is 0.330 e. The van der Waals surface area contributed by atoms with Gasteiger partial charge < -0.3 is 19.9 Å². The third-order valence-corrected chi connectivity index (χ3v) is 5.60. The number of H-pyrrole nitrogens is 1. The fourth-order valence-electron chi connectivity index (χ4n) is 3.60. The van der Waals surface area contributed by atoms with Crippen molar-refractivity contribution in [3.63, 3.8) is 0 Å². The van der Waals surface area contributed by atoms with Crippen LogP contribution in [0.4, 0.5) is 0 Å². The molecule has 0 aliphatic carbocycles. The number of nitrogens with zero attached hydrogens (tertiary/aromatic N) is 1. The number of para-hydroxylation sites is 1. The number of hydrogen-bond acceptors (Lipinski definition) is 6. The second-order valence-corrected chi connectivity index (χ2v) is 8.29. The Morgan fingerprint density at radius 2 is 1.75 bits per heavy atom. The molecule has 4 rings (SSSR count). The summed E-state index contributed by atoms with van der Waals surface area (Å²) in [5, 5.41) is 12.1. The lowest BCUT2D eigenvalue weighted by Gasteiger charge is -2.20. The molecule has 9 heteroatoms. The van der Waals surface area contributed by atoms with Gasteiger partial charge in [-0.25, -0.2) is 4.79 Å². The number of nitrogens with one attached hydrogen (secondary N) is 2. The fraction of sp³-hybridized carbons (Fsp3) is 0.333. The van der Waals surface area contributed by atoms with E-state index in [9.17, 15) is 9.59 Å². The summed E-state index contributed by atoms with van der Waals surface area (Å²) in [7, 11) is 1.97. The molecule has 0 amide bonds. The van der Waals surface area contributed by atoms with E-state index in [2.05, 4.69) is 47.6 Å². The van der Waals surface area contributed by atoms with Crippen LogP contribution in [0.1, 0.15) is 35.4 Å². The van der Waals surface area contributed by atoms with Gasteiger partial charge in [0.05, 0.1) is 6.61 Å². The van der Waals surface area contributed by atoms with Crippen molar-refractivity contribution in [2.45, 2.75) is 38.7 Å². The van der Waals surface area contributed by atoms with Gasteiger partial charge in [-0.05, 0) is 50.7 Å². The molecule has 0 bridgehead atoms. The quantitative estimate of drug-likeness (QED) is 0.397. The molecular weight excluding hydrogens is 482 g/mol. The molecule has 0 fully saturated rings. The number of halogens is 1. The van der Waals surface area contributed by atoms with Crippen LogP contribution in [0.2, 0.25) is 0 Å². The molecule has 0 spiro atoms. The molecule has 0 radical (unpaired) electrons. The zero-order valence-corrected chi connectivity index (χ0v) is 21.5. The van der Waals surface area contributed by atoms with Gasteiger partial charge in [0.15, 0.2) is 6.23 Å². The van der Waals surface area contributed by atoms with E-state index in [0.717, 1.165) is 18.7 Å². The third kappa shape index (κ3) is 7.93. The lowest BCUT2D eigenvalue weighted by atomic mass is 10.1. The van der Waals surface area contributed by atoms with Gasteiger partial charge in [0.2, 0.25) is 0 Å². The molecule has 3 aromatic rings. The van der Waals surface area contributed by atoms with Crippen LogP contribution in [0, 0.1) is 13.8 Å². The Balaban J connectivity index is 0.000000250. The molecular formula is C27H34ClN3O5. The molecule has 1 aliphatic rings. The highest BCUT2D eigenvalue weighted by molar-refractivity contribution is 5.85. The topological polar surface area (TPSA) is 106 Å². The Bertz CT molecular complexity index is 1230. The van der Waals surface area contributed by atoms with E-state index in [4.69, 9.17) is 14.6 Å². The van der Waals surface area contributed by atoms with Crippen molar-refractivity contribution < 1.29 is 14.6 Å². The van der Waals surface area contributed by atoms with Gasteiger partial charge in [0, 0.05) is 18.2 Å². The highest BCUT2D eigenvalue weighted by atomic mass is 35.5. The number of aliphatic hydroxyl groups is 1. The molecule has 36 heavy (non-hydrogen) atoms. The first kappa shape index (κ1) is 29.1. The normalized spacial score (nSPS) is 17.0. The number of rotatable bonds is 8. The van der Waals surface area contributed by atoms with Gasteiger partial charge in [0.1, 0.15) is 18.0 Å². The van der Waals surface area contributed by atoms with E-state index < -0.39 is 23.6 Å². The Hall–Kier alpha value is -3.17. The van der Waals surface area contributed by atoms with Gasteiger partial charge in [0.25, 0.3) is 5.56 Å². The number of aryl methyl sites for hydroxylation is 2. The fourth-order valence-corrected chi connectivity index (χ4v) is 3.60. The molecule has 1 aliphatic heterocycles. The van der Waals surface area contributed by atoms with Crippen LogP contribution in [0.15, 0.2) is 82.5 Å². The van der Waals surface area contributed by atoms with Crippen LogP contribution in [0.25, 0.3) is 0 Å². The molecule has 2 aromatic carbocycles. The maximum absolute atomic E-state index is 11.5. The van der Waals surface area contributed by atoms with Crippen molar-refractivity contribution in [1.29, 1.82) is 0 Å². The largest absolute Gasteiger partial charge is 0.485 e. The molecule has 0 saturated carbocycles. The molecule has 8 nitrogen and oxygen atoms in total. The number of hydrogen-bond donors (Lipinski definition) is 3. The van der Waals surface area contributed by atoms with Crippen LogP contribution >= 0.6 is 12.4 Å². The van der Waals surface area contributed by atoms with Crippen molar-refractivity contribution in [2.75, 3.05) is 20.2 Å². The molecule has 1 aromatic heterocycles. The molecule has 3 N–H and O–H groups in total. The predicted octanol–water partition coefficient (Wildman–Crippen LogP) is 3.44. The Morgan fingerprint density at radius 1 is 1.06 bits per heavy atom. The smallest absolute Gasteiger partial charge is 0.330 e. The summed E-state index contributed by atoms with van der Waals surface area (Å²) in [6.45, 7) is 4.49. The molecule has 194 valence electrons. The second kappa shape index (κ2) is 14.4. The summed E-state index contributed by atoms with van der Waals surface area (Å²) >= 11 is 0. The summed E-state index contributed by atoms with van der Waals surface area (Å²) in [4.78, 5) is 24.9. The van der Waals surface area contributed by atoms with Crippen molar-refractivity contribution in [1.82, 2.24) is 14.9 Å². The summed E-state index contributed by atoms with van der Waals surface area (Å²) in [6.07, 6.45) is 4.86. The zero-order valence-electron chi connectivity index (χ0n) is 20.7. The van der Waals surface area contributed by atoms with E-state index in [1.54, 1.807) is 19.1 Å². The van der Waals surface area contributed by atoms with E-state index in [0.29, 0.717) is 5.56 Å². The van der Waals surface area contributed by atoms with Gasteiger partial charge >= 0.3 is 5.69 Å². The average Bonchev–Trinajstić information content (AvgIpc) is 3.35. The second-order valence-electron chi connectivity index (χ2n) is 8.29. The summed E-state index contributed by atoms with van der Waals surface area (Å²) in [6, 6.07) is 18.6. The third-order valence-electron chi connectivity index (χ3n) is 5.60. The number of aliphatic hydroxyl groups excluding tert-OH is 1. The summed E-state index contributed by atoms with van der Waals surface area (Å²) in [5.74, 6) is 0.965. The van der Waals surface area contributed by atoms with Gasteiger partial charge in [-0.15, -0.1) is 12.4 Å².